The molecule has 3 heteroatoms. The third-order valence-corrected chi connectivity index (χ3v) is 8.11. The quantitative estimate of drug-likeness (QED) is 0.194. The smallest absolute Gasteiger partial charge is 0.159 e. The van der Waals surface area contributed by atoms with E-state index in [1.165, 1.54) is 108 Å². The molecule has 1 aliphatic carbocycles. The molecule has 3 rings (SSSR count). The zero-order chi connectivity index (χ0) is 25.3. The second-order valence-electron chi connectivity index (χ2n) is 11.2. The SMILES string of the molecule is CCCCCCCCCCCOc1ccc(-c2ncc(CC[C@H]3CC[C@H](CCCC)CC3)cn2)cc1. The van der Waals surface area contributed by atoms with E-state index in [1.807, 2.05) is 12.4 Å². The molecule has 2 aromatic rings. The molecule has 0 unspecified atom stereocenters. The van der Waals surface area contributed by atoms with Crippen molar-refractivity contribution in [3.63, 3.8) is 0 Å². The molecule has 0 N–H and O–H groups in total. The Bertz CT molecular complexity index is 793. The molecule has 1 aromatic heterocycles. The average molecular weight is 493 g/mol. The molecule has 0 radical (unpaired) electrons. The van der Waals surface area contributed by atoms with Gasteiger partial charge in [-0.05, 0) is 60.9 Å². The van der Waals surface area contributed by atoms with Crippen molar-refractivity contribution in [1.82, 2.24) is 9.97 Å². The third-order valence-electron chi connectivity index (χ3n) is 8.11. The molecule has 0 bridgehead atoms. The maximum atomic E-state index is 5.95. The summed E-state index contributed by atoms with van der Waals surface area (Å²) in [5.74, 6) is 3.64. The first-order valence-corrected chi connectivity index (χ1v) is 15.3. The van der Waals surface area contributed by atoms with Gasteiger partial charge in [0.15, 0.2) is 5.82 Å². The van der Waals surface area contributed by atoms with Gasteiger partial charge in [-0.15, -0.1) is 0 Å². The molecule has 1 aromatic carbocycles. The van der Waals surface area contributed by atoms with E-state index in [0.717, 1.165) is 48.4 Å². The second-order valence-corrected chi connectivity index (χ2v) is 11.2. The Morgan fingerprint density at radius 2 is 1.22 bits per heavy atom. The minimum absolute atomic E-state index is 0.806. The number of nitrogens with zero attached hydrogens (tertiary/aromatic N) is 2. The lowest BCUT2D eigenvalue weighted by molar-refractivity contribution is 0.250. The van der Waals surface area contributed by atoms with E-state index >= 15 is 0 Å². The predicted octanol–water partition coefficient (Wildman–Crippen LogP) is 9.98. The maximum Gasteiger partial charge on any atom is 0.159 e. The highest BCUT2D eigenvalue weighted by atomic mass is 16.5. The van der Waals surface area contributed by atoms with Crippen LogP contribution in [-0.4, -0.2) is 16.6 Å². The van der Waals surface area contributed by atoms with Crippen LogP contribution in [0.25, 0.3) is 11.4 Å². The van der Waals surface area contributed by atoms with Crippen LogP contribution in [0, 0.1) is 11.8 Å². The first-order valence-electron chi connectivity index (χ1n) is 15.3. The van der Waals surface area contributed by atoms with Gasteiger partial charge in [0.25, 0.3) is 0 Å². The predicted molar refractivity (Wildman–Crippen MR) is 153 cm³/mol. The van der Waals surface area contributed by atoms with Gasteiger partial charge < -0.3 is 4.74 Å². The molecule has 0 aliphatic heterocycles. The van der Waals surface area contributed by atoms with Crippen LogP contribution in [0.4, 0.5) is 0 Å². The van der Waals surface area contributed by atoms with Crippen LogP contribution >= 0.6 is 0 Å². The fourth-order valence-electron chi connectivity index (χ4n) is 5.61. The van der Waals surface area contributed by atoms with Crippen molar-refractivity contribution in [3.8, 4) is 17.1 Å². The summed E-state index contributed by atoms with van der Waals surface area (Å²) in [6, 6.07) is 8.27. The summed E-state index contributed by atoms with van der Waals surface area (Å²) in [5, 5.41) is 0. The van der Waals surface area contributed by atoms with Crippen LogP contribution in [0.3, 0.4) is 0 Å². The van der Waals surface area contributed by atoms with Crippen molar-refractivity contribution in [1.29, 1.82) is 0 Å². The molecule has 1 heterocycles. The zero-order valence-corrected chi connectivity index (χ0v) is 23.4. The number of aryl methyl sites for hydroxylation is 1. The van der Waals surface area contributed by atoms with Crippen LogP contribution in [0.5, 0.6) is 5.75 Å². The van der Waals surface area contributed by atoms with Gasteiger partial charge in [-0.1, -0.05) is 110 Å². The van der Waals surface area contributed by atoms with Crippen LogP contribution in [-0.2, 0) is 6.42 Å². The van der Waals surface area contributed by atoms with Gasteiger partial charge in [0.05, 0.1) is 6.61 Å². The van der Waals surface area contributed by atoms with E-state index in [9.17, 15) is 0 Å². The molecule has 36 heavy (non-hydrogen) atoms. The van der Waals surface area contributed by atoms with Gasteiger partial charge in [-0.3, -0.25) is 0 Å². The van der Waals surface area contributed by atoms with Crippen molar-refractivity contribution >= 4 is 0 Å². The standard InChI is InChI=1S/C33H52N2O/c1-3-5-7-8-9-10-11-12-13-25-36-32-23-21-31(22-24-32)33-34-26-30(27-35-33)20-19-29-17-15-28(16-18-29)14-6-4-2/h21-24,26-29H,3-20,25H2,1-2H3/t28-,29-. The molecule has 3 nitrogen and oxygen atoms in total. The van der Waals surface area contributed by atoms with Gasteiger partial charge >= 0.3 is 0 Å². The Hall–Kier alpha value is -1.90. The van der Waals surface area contributed by atoms with Crippen molar-refractivity contribution < 1.29 is 4.74 Å². The van der Waals surface area contributed by atoms with Crippen molar-refractivity contribution in [3.05, 3.63) is 42.2 Å². The largest absolute Gasteiger partial charge is 0.494 e. The summed E-state index contributed by atoms with van der Waals surface area (Å²) in [5.41, 5.74) is 2.33. The highest BCUT2D eigenvalue weighted by Gasteiger charge is 2.20. The molecule has 0 saturated heterocycles. The van der Waals surface area contributed by atoms with E-state index in [0.29, 0.717) is 0 Å². The Morgan fingerprint density at radius 3 is 1.83 bits per heavy atom. The number of unbranched alkanes of at least 4 members (excludes halogenated alkanes) is 9. The van der Waals surface area contributed by atoms with Crippen molar-refractivity contribution in [2.75, 3.05) is 6.61 Å². The first-order chi connectivity index (χ1) is 17.8. The van der Waals surface area contributed by atoms with Crippen LogP contribution in [0.1, 0.15) is 129 Å². The zero-order valence-electron chi connectivity index (χ0n) is 23.4. The summed E-state index contributed by atoms with van der Waals surface area (Å²) in [6.07, 6.45) is 28.4. The summed E-state index contributed by atoms with van der Waals surface area (Å²) < 4.78 is 5.95. The Morgan fingerprint density at radius 1 is 0.667 bits per heavy atom. The summed E-state index contributed by atoms with van der Waals surface area (Å²) in [7, 11) is 0. The monoisotopic (exact) mass is 492 g/mol. The molecule has 1 saturated carbocycles. The number of aromatic nitrogens is 2. The van der Waals surface area contributed by atoms with Gasteiger partial charge in [0, 0.05) is 18.0 Å². The molecular weight excluding hydrogens is 440 g/mol. The molecule has 0 spiro atoms. The number of hydrogen-bond donors (Lipinski definition) is 0. The normalized spacial score (nSPS) is 17.8. The fraction of sp³-hybridized carbons (Fsp3) is 0.697. The second kappa shape index (κ2) is 17.5. The first kappa shape index (κ1) is 28.7. The lowest BCUT2D eigenvalue weighted by Gasteiger charge is -2.28. The van der Waals surface area contributed by atoms with E-state index in [-0.39, 0.29) is 0 Å². The van der Waals surface area contributed by atoms with E-state index in [2.05, 4.69) is 48.1 Å². The number of benzene rings is 1. The number of rotatable bonds is 18. The Kier molecular flexibility index (Phi) is 14.0. The summed E-state index contributed by atoms with van der Waals surface area (Å²) >= 11 is 0. The lowest BCUT2D eigenvalue weighted by atomic mass is 9.78. The Balaban J connectivity index is 1.29. The summed E-state index contributed by atoms with van der Waals surface area (Å²) in [6.45, 7) is 5.39. The van der Waals surface area contributed by atoms with Gasteiger partial charge in [-0.25, -0.2) is 9.97 Å². The maximum absolute atomic E-state index is 5.95. The fourth-order valence-corrected chi connectivity index (χ4v) is 5.61. The topological polar surface area (TPSA) is 35.0 Å². The highest BCUT2D eigenvalue weighted by Crippen LogP contribution is 2.34. The molecule has 200 valence electrons. The third kappa shape index (κ3) is 11.0. The van der Waals surface area contributed by atoms with E-state index in [4.69, 9.17) is 4.74 Å². The van der Waals surface area contributed by atoms with Crippen LogP contribution < -0.4 is 4.74 Å². The number of hydrogen-bond acceptors (Lipinski definition) is 3. The van der Waals surface area contributed by atoms with Gasteiger partial charge in [0.2, 0.25) is 0 Å². The molecule has 1 aliphatic rings. The number of ether oxygens (including phenoxy) is 1. The Labute approximate surface area is 221 Å². The molecule has 0 amide bonds. The average Bonchev–Trinajstić information content (AvgIpc) is 2.93. The van der Waals surface area contributed by atoms with E-state index < -0.39 is 0 Å². The van der Waals surface area contributed by atoms with Crippen LogP contribution in [0.15, 0.2) is 36.7 Å². The highest BCUT2D eigenvalue weighted by molar-refractivity contribution is 5.55. The minimum Gasteiger partial charge on any atom is -0.494 e. The van der Waals surface area contributed by atoms with Gasteiger partial charge in [0.1, 0.15) is 5.75 Å². The molecule has 0 atom stereocenters. The lowest BCUT2D eigenvalue weighted by Crippen LogP contribution is -2.15. The van der Waals surface area contributed by atoms with Crippen molar-refractivity contribution in [2.24, 2.45) is 11.8 Å². The van der Waals surface area contributed by atoms with Crippen molar-refractivity contribution in [2.45, 2.75) is 129 Å². The minimum atomic E-state index is 0.806. The summed E-state index contributed by atoms with van der Waals surface area (Å²) in [4.78, 5) is 9.33. The van der Waals surface area contributed by atoms with Gasteiger partial charge in [-0.2, -0.15) is 0 Å². The molecule has 1 fully saturated rings. The molecular formula is C33H52N2O. The van der Waals surface area contributed by atoms with E-state index in [1.54, 1.807) is 0 Å². The van der Waals surface area contributed by atoms with Crippen LogP contribution in [0.2, 0.25) is 0 Å².